The Morgan fingerprint density at radius 2 is 2.25 bits per heavy atom. The molecule has 0 radical (unpaired) electrons. The standard InChI is InChI=1S/C17H24N4O2S/c22-16(20-7-3-15-13(10-20)4-9-24-15)12-19-6-1-2-14(11-19)21-8-5-18-17(21)23/h4,9,14H,1-3,5-8,10-12H2,(H,18,23)/t14-/m0/s1. The number of thiophene rings is 1. The van der Waals surface area contributed by atoms with Gasteiger partial charge in [-0.05, 0) is 42.8 Å². The van der Waals surface area contributed by atoms with Crippen LogP contribution in [0.4, 0.5) is 4.79 Å². The quantitative estimate of drug-likeness (QED) is 0.891. The molecule has 1 aromatic heterocycles. The van der Waals surface area contributed by atoms with Gasteiger partial charge in [0.1, 0.15) is 0 Å². The van der Waals surface area contributed by atoms with Gasteiger partial charge in [0.05, 0.1) is 6.54 Å². The van der Waals surface area contributed by atoms with Crippen LogP contribution in [-0.2, 0) is 17.8 Å². The lowest BCUT2D eigenvalue weighted by atomic mass is 10.0. The number of nitrogens with zero attached hydrogens (tertiary/aromatic N) is 3. The minimum atomic E-state index is 0.0502. The third-order valence-corrected chi connectivity index (χ3v) is 6.35. The summed E-state index contributed by atoms with van der Waals surface area (Å²) >= 11 is 1.80. The van der Waals surface area contributed by atoms with Gasteiger partial charge in [0, 0.05) is 43.6 Å². The Balaban J connectivity index is 1.33. The second-order valence-electron chi connectivity index (χ2n) is 6.89. The Morgan fingerprint density at radius 3 is 3.08 bits per heavy atom. The van der Waals surface area contributed by atoms with E-state index < -0.39 is 0 Å². The van der Waals surface area contributed by atoms with Crippen LogP contribution in [0.1, 0.15) is 23.3 Å². The summed E-state index contributed by atoms with van der Waals surface area (Å²) in [7, 11) is 0. The number of fused-ring (bicyclic) bond motifs is 1. The summed E-state index contributed by atoms with van der Waals surface area (Å²) in [6.07, 6.45) is 3.08. The topological polar surface area (TPSA) is 55.9 Å². The van der Waals surface area contributed by atoms with Crippen LogP contribution in [0.5, 0.6) is 0 Å². The van der Waals surface area contributed by atoms with Gasteiger partial charge in [0.15, 0.2) is 0 Å². The second kappa shape index (κ2) is 6.72. The molecule has 0 unspecified atom stereocenters. The van der Waals surface area contributed by atoms with Crippen LogP contribution in [0.25, 0.3) is 0 Å². The number of carbonyl (C=O) groups excluding carboxylic acids is 2. The molecule has 2 saturated heterocycles. The van der Waals surface area contributed by atoms with Gasteiger partial charge in [0.2, 0.25) is 5.91 Å². The Bertz CT molecular complexity index is 632. The second-order valence-corrected chi connectivity index (χ2v) is 7.89. The van der Waals surface area contributed by atoms with E-state index in [4.69, 9.17) is 0 Å². The molecule has 6 nitrogen and oxygen atoms in total. The summed E-state index contributed by atoms with van der Waals surface area (Å²) in [6, 6.07) is 2.44. The van der Waals surface area contributed by atoms with Gasteiger partial charge in [0.25, 0.3) is 0 Å². The van der Waals surface area contributed by atoms with Crippen molar-refractivity contribution in [2.45, 2.75) is 31.8 Å². The van der Waals surface area contributed by atoms with Crippen LogP contribution in [-0.4, -0.2) is 71.9 Å². The van der Waals surface area contributed by atoms with Crippen molar-refractivity contribution in [3.63, 3.8) is 0 Å². The lowest BCUT2D eigenvalue weighted by molar-refractivity contribution is -0.133. The molecule has 0 spiro atoms. The summed E-state index contributed by atoms with van der Waals surface area (Å²) in [4.78, 5) is 32.1. The van der Waals surface area contributed by atoms with Gasteiger partial charge in [-0.1, -0.05) is 0 Å². The third kappa shape index (κ3) is 3.15. The number of urea groups is 1. The molecule has 130 valence electrons. The predicted molar refractivity (Wildman–Crippen MR) is 93.0 cm³/mol. The molecule has 3 aliphatic rings. The van der Waals surface area contributed by atoms with E-state index in [0.29, 0.717) is 6.54 Å². The number of amides is 3. The number of nitrogens with one attached hydrogen (secondary N) is 1. The minimum Gasteiger partial charge on any atom is -0.337 e. The monoisotopic (exact) mass is 348 g/mol. The van der Waals surface area contributed by atoms with E-state index in [1.54, 1.807) is 11.3 Å². The first-order valence-electron chi connectivity index (χ1n) is 8.80. The molecule has 1 N–H and O–H groups in total. The van der Waals surface area contributed by atoms with Crippen LogP contribution in [0.15, 0.2) is 11.4 Å². The van der Waals surface area contributed by atoms with Crippen LogP contribution in [0.3, 0.4) is 0 Å². The van der Waals surface area contributed by atoms with E-state index in [0.717, 1.165) is 58.5 Å². The molecule has 2 fully saturated rings. The maximum Gasteiger partial charge on any atom is 0.317 e. The highest BCUT2D eigenvalue weighted by Crippen LogP contribution is 2.24. The maximum absolute atomic E-state index is 12.7. The molecule has 0 aliphatic carbocycles. The highest BCUT2D eigenvalue weighted by atomic mass is 32.1. The summed E-state index contributed by atoms with van der Waals surface area (Å²) < 4.78 is 0. The third-order valence-electron chi connectivity index (χ3n) is 5.33. The highest BCUT2D eigenvalue weighted by Gasteiger charge is 2.32. The molecule has 0 saturated carbocycles. The van der Waals surface area contributed by atoms with Gasteiger partial charge in [-0.3, -0.25) is 9.69 Å². The Hall–Kier alpha value is -1.60. The normalized spacial score (nSPS) is 24.8. The van der Waals surface area contributed by atoms with Crippen LogP contribution < -0.4 is 5.32 Å². The lowest BCUT2D eigenvalue weighted by Gasteiger charge is -2.37. The van der Waals surface area contributed by atoms with E-state index in [-0.39, 0.29) is 18.0 Å². The number of hydrogen-bond donors (Lipinski definition) is 1. The number of piperidine rings is 1. The fourth-order valence-corrected chi connectivity index (χ4v) is 4.91. The van der Waals surface area contributed by atoms with Crippen molar-refractivity contribution in [3.05, 3.63) is 21.9 Å². The molecule has 0 aromatic carbocycles. The van der Waals surface area contributed by atoms with Crippen molar-refractivity contribution in [1.29, 1.82) is 0 Å². The van der Waals surface area contributed by atoms with E-state index in [2.05, 4.69) is 21.7 Å². The van der Waals surface area contributed by atoms with Gasteiger partial charge >= 0.3 is 6.03 Å². The van der Waals surface area contributed by atoms with Crippen molar-refractivity contribution in [2.24, 2.45) is 0 Å². The van der Waals surface area contributed by atoms with Crippen molar-refractivity contribution >= 4 is 23.3 Å². The van der Waals surface area contributed by atoms with E-state index in [1.165, 1.54) is 10.4 Å². The molecule has 4 heterocycles. The molecule has 4 rings (SSSR count). The van der Waals surface area contributed by atoms with Gasteiger partial charge in [-0.2, -0.15) is 0 Å². The van der Waals surface area contributed by atoms with Crippen molar-refractivity contribution in [2.75, 3.05) is 39.3 Å². The summed E-state index contributed by atoms with van der Waals surface area (Å²) in [5.41, 5.74) is 1.31. The number of carbonyl (C=O) groups is 2. The minimum absolute atomic E-state index is 0.0502. The molecule has 24 heavy (non-hydrogen) atoms. The molecule has 3 amide bonds. The molecule has 1 atom stereocenters. The van der Waals surface area contributed by atoms with Crippen LogP contribution in [0.2, 0.25) is 0 Å². The maximum atomic E-state index is 12.7. The Morgan fingerprint density at radius 1 is 1.33 bits per heavy atom. The van der Waals surface area contributed by atoms with Gasteiger partial charge in [-0.25, -0.2) is 4.79 Å². The fraction of sp³-hybridized carbons (Fsp3) is 0.647. The van der Waals surface area contributed by atoms with E-state index in [1.807, 2.05) is 9.80 Å². The molecule has 0 bridgehead atoms. The lowest BCUT2D eigenvalue weighted by Crippen LogP contribution is -2.51. The fourth-order valence-electron chi connectivity index (χ4n) is 4.02. The van der Waals surface area contributed by atoms with Crippen molar-refractivity contribution in [1.82, 2.24) is 20.0 Å². The first-order chi connectivity index (χ1) is 11.7. The average molecular weight is 348 g/mol. The van der Waals surface area contributed by atoms with Gasteiger partial charge < -0.3 is 15.1 Å². The predicted octanol–water partition coefficient (Wildman–Crippen LogP) is 1.12. The van der Waals surface area contributed by atoms with E-state index in [9.17, 15) is 9.59 Å². The molecular formula is C17H24N4O2S. The van der Waals surface area contributed by atoms with Crippen LogP contribution >= 0.6 is 11.3 Å². The zero-order valence-corrected chi connectivity index (χ0v) is 14.7. The zero-order chi connectivity index (χ0) is 16.5. The SMILES string of the molecule is O=C(CN1CCC[C@H](N2CCNC2=O)C1)N1CCc2sccc2C1. The first kappa shape index (κ1) is 15.9. The highest BCUT2D eigenvalue weighted by molar-refractivity contribution is 7.10. The summed E-state index contributed by atoms with van der Waals surface area (Å²) in [5, 5.41) is 5.00. The molecule has 7 heteroatoms. The summed E-state index contributed by atoms with van der Waals surface area (Å²) in [5.74, 6) is 0.221. The van der Waals surface area contributed by atoms with E-state index >= 15 is 0 Å². The first-order valence-corrected chi connectivity index (χ1v) is 9.68. The van der Waals surface area contributed by atoms with Gasteiger partial charge in [-0.15, -0.1) is 11.3 Å². The molecule has 1 aromatic rings. The van der Waals surface area contributed by atoms with Crippen molar-refractivity contribution < 1.29 is 9.59 Å². The largest absolute Gasteiger partial charge is 0.337 e. The Labute approximate surface area is 146 Å². The Kier molecular flexibility index (Phi) is 4.45. The molecule has 3 aliphatic heterocycles. The number of likely N-dealkylation sites (tertiary alicyclic amines) is 1. The van der Waals surface area contributed by atoms with Crippen molar-refractivity contribution in [3.8, 4) is 0 Å². The summed E-state index contributed by atoms with van der Waals surface area (Å²) in [6.45, 7) is 5.36. The number of hydrogen-bond acceptors (Lipinski definition) is 4. The average Bonchev–Trinajstić information content (AvgIpc) is 3.22. The van der Waals surface area contributed by atoms with Crippen LogP contribution in [0, 0.1) is 0 Å². The smallest absolute Gasteiger partial charge is 0.317 e. The molecular weight excluding hydrogens is 324 g/mol. The zero-order valence-electron chi connectivity index (χ0n) is 13.9. The number of rotatable bonds is 3.